The molecule has 0 aromatic heterocycles. The number of amides is 1. The van der Waals surface area contributed by atoms with Crippen molar-refractivity contribution in [3.05, 3.63) is 0 Å². The largest absolute Gasteiger partial charge is 0.342 e. The lowest BCUT2D eigenvalue weighted by atomic mass is 9.82. The highest BCUT2D eigenvalue weighted by molar-refractivity contribution is 5.83. The molecule has 2 aliphatic heterocycles. The molecule has 0 radical (unpaired) electrons. The van der Waals surface area contributed by atoms with Gasteiger partial charge in [-0.25, -0.2) is 0 Å². The molecule has 2 fully saturated rings. The summed E-state index contributed by atoms with van der Waals surface area (Å²) in [6, 6.07) is 0.521. The molecule has 2 aliphatic rings. The van der Waals surface area contributed by atoms with Gasteiger partial charge in [-0.05, 0) is 33.6 Å². The Labute approximate surface area is 116 Å². The van der Waals surface area contributed by atoms with Crippen molar-refractivity contribution in [2.24, 2.45) is 0 Å². The normalized spacial score (nSPS) is 29.1. The molecule has 3 unspecified atom stereocenters. The Morgan fingerprint density at radius 1 is 1.26 bits per heavy atom. The average Bonchev–Trinajstić information content (AvgIpc) is 2.38. The number of hydrogen-bond donors (Lipinski definition) is 0. The molecule has 2 rings (SSSR count). The van der Waals surface area contributed by atoms with Gasteiger partial charge in [0.15, 0.2) is 0 Å². The number of likely N-dealkylation sites (N-methyl/N-ethyl adjacent to an activating group) is 1. The Hall–Kier alpha value is -0.900. The summed E-state index contributed by atoms with van der Waals surface area (Å²) in [5.41, 5.74) is 0. The fourth-order valence-corrected chi connectivity index (χ4v) is 3.77. The van der Waals surface area contributed by atoms with Crippen LogP contribution >= 0.6 is 0 Å². The Morgan fingerprint density at radius 3 is 2.26 bits per heavy atom. The minimum atomic E-state index is -0.0803. The molecular weight excluding hydrogens is 240 g/mol. The van der Waals surface area contributed by atoms with Gasteiger partial charge in [-0.15, -0.1) is 0 Å². The highest BCUT2D eigenvalue weighted by Gasteiger charge is 2.42. The lowest BCUT2D eigenvalue weighted by molar-refractivity contribution is -0.144. The van der Waals surface area contributed by atoms with Crippen molar-refractivity contribution in [1.29, 1.82) is 0 Å². The van der Waals surface area contributed by atoms with Crippen LogP contribution in [0.3, 0.4) is 0 Å². The standard InChI is InChI=1S/C15H26N2O2/c1-4-16(5-2)15(19)11(3)17-12-7-6-8-13(17)10-14(18)9-12/h11-13H,4-10H2,1-3H3. The maximum atomic E-state index is 12.5. The Morgan fingerprint density at radius 2 is 1.79 bits per heavy atom. The minimum Gasteiger partial charge on any atom is -0.342 e. The molecule has 2 heterocycles. The summed E-state index contributed by atoms with van der Waals surface area (Å²) in [6.45, 7) is 7.59. The van der Waals surface area contributed by atoms with Crippen LogP contribution in [0.5, 0.6) is 0 Å². The molecule has 0 aliphatic carbocycles. The number of fused-ring (bicyclic) bond motifs is 2. The first kappa shape index (κ1) is 14.5. The second-order valence-electron chi connectivity index (χ2n) is 5.82. The zero-order chi connectivity index (χ0) is 14.0. The van der Waals surface area contributed by atoms with Gasteiger partial charge in [0.1, 0.15) is 5.78 Å². The van der Waals surface area contributed by atoms with Gasteiger partial charge in [-0.1, -0.05) is 6.42 Å². The number of carbonyl (C=O) groups excluding carboxylic acids is 2. The topological polar surface area (TPSA) is 40.6 Å². The predicted molar refractivity (Wildman–Crippen MR) is 74.9 cm³/mol. The van der Waals surface area contributed by atoms with E-state index in [0.29, 0.717) is 30.7 Å². The maximum absolute atomic E-state index is 12.5. The third-order valence-electron chi connectivity index (χ3n) is 4.72. The summed E-state index contributed by atoms with van der Waals surface area (Å²) in [5, 5.41) is 0. The number of nitrogens with zero attached hydrogens (tertiary/aromatic N) is 2. The van der Waals surface area contributed by atoms with Gasteiger partial charge in [-0.3, -0.25) is 14.5 Å². The van der Waals surface area contributed by atoms with Crippen LogP contribution in [0, 0.1) is 0 Å². The van der Waals surface area contributed by atoms with Crippen molar-refractivity contribution >= 4 is 11.7 Å². The first-order valence-electron chi connectivity index (χ1n) is 7.66. The molecule has 1 amide bonds. The van der Waals surface area contributed by atoms with Crippen molar-refractivity contribution < 1.29 is 9.59 Å². The van der Waals surface area contributed by atoms with E-state index in [1.54, 1.807) is 0 Å². The van der Waals surface area contributed by atoms with Crippen molar-refractivity contribution in [1.82, 2.24) is 9.80 Å². The van der Waals surface area contributed by atoms with Crippen molar-refractivity contribution in [3.8, 4) is 0 Å². The van der Waals surface area contributed by atoms with Gasteiger partial charge in [-0.2, -0.15) is 0 Å². The van der Waals surface area contributed by atoms with E-state index >= 15 is 0 Å². The van der Waals surface area contributed by atoms with Crippen molar-refractivity contribution in [2.75, 3.05) is 13.1 Å². The van der Waals surface area contributed by atoms with Crippen LogP contribution < -0.4 is 0 Å². The third kappa shape index (κ3) is 2.83. The zero-order valence-corrected chi connectivity index (χ0v) is 12.4. The summed E-state index contributed by atoms with van der Waals surface area (Å²) in [7, 11) is 0. The Balaban J connectivity index is 2.11. The van der Waals surface area contributed by atoms with Gasteiger partial charge >= 0.3 is 0 Å². The predicted octanol–water partition coefficient (Wildman–Crippen LogP) is 1.83. The highest BCUT2D eigenvalue weighted by Crippen LogP contribution is 2.34. The minimum absolute atomic E-state index is 0.0803. The van der Waals surface area contributed by atoms with E-state index in [4.69, 9.17) is 0 Å². The summed E-state index contributed by atoms with van der Waals surface area (Å²) >= 11 is 0. The van der Waals surface area contributed by atoms with E-state index in [0.717, 1.165) is 25.9 Å². The number of Topliss-reactive ketones (excluding diaryl/α,β-unsaturated/α-hetero) is 1. The van der Waals surface area contributed by atoms with Gasteiger partial charge in [0.2, 0.25) is 5.91 Å². The molecule has 3 atom stereocenters. The van der Waals surface area contributed by atoms with Gasteiger partial charge in [0.25, 0.3) is 0 Å². The lowest BCUT2D eigenvalue weighted by Gasteiger charge is -2.48. The highest BCUT2D eigenvalue weighted by atomic mass is 16.2. The quantitative estimate of drug-likeness (QED) is 0.779. The molecule has 108 valence electrons. The second kappa shape index (κ2) is 6.04. The number of carbonyl (C=O) groups is 2. The molecule has 0 saturated carbocycles. The summed E-state index contributed by atoms with van der Waals surface area (Å²) in [6.07, 6.45) is 4.63. The number of hydrogen-bond acceptors (Lipinski definition) is 3. The molecule has 0 spiro atoms. The molecule has 4 nitrogen and oxygen atoms in total. The molecule has 2 saturated heterocycles. The van der Waals surface area contributed by atoms with Crippen LogP contribution in [-0.2, 0) is 9.59 Å². The molecular formula is C15H26N2O2. The van der Waals surface area contributed by atoms with E-state index in [1.807, 2.05) is 25.7 Å². The smallest absolute Gasteiger partial charge is 0.239 e. The molecule has 19 heavy (non-hydrogen) atoms. The van der Waals surface area contributed by atoms with Crippen LogP contribution in [0.1, 0.15) is 52.9 Å². The lowest BCUT2D eigenvalue weighted by Crippen LogP contribution is -2.59. The number of piperidine rings is 2. The summed E-state index contributed by atoms with van der Waals surface area (Å²) < 4.78 is 0. The fraction of sp³-hybridized carbons (Fsp3) is 0.867. The van der Waals surface area contributed by atoms with Gasteiger partial charge in [0, 0.05) is 38.0 Å². The monoisotopic (exact) mass is 266 g/mol. The summed E-state index contributed by atoms with van der Waals surface area (Å²) in [4.78, 5) is 28.5. The zero-order valence-electron chi connectivity index (χ0n) is 12.4. The van der Waals surface area contributed by atoms with Crippen LogP contribution in [0.25, 0.3) is 0 Å². The van der Waals surface area contributed by atoms with Gasteiger partial charge < -0.3 is 4.90 Å². The van der Waals surface area contributed by atoms with E-state index in [1.165, 1.54) is 6.42 Å². The molecule has 0 N–H and O–H groups in total. The fourth-order valence-electron chi connectivity index (χ4n) is 3.77. The molecule has 2 bridgehead atoms. The van der Waals surface area contributed by atoms with Crippen LogP contribution in [-0.4, -0.2) is 52.7 Å². The van der Waals surface area contributed by atoms with E-state index in [2.05, 4.69) is 4.90 Å². The maximum Gasteiger partial charge on any atom is 0.239 e. The molecule has 4 heteroatoms. The average molecular weight is 266 g/mol. The van der Waals surface area contributed by atoms with Gasteiger partial charge in [0.05, 0.1) is 6.04 Å². The molecule has 0 aromatic carbocycles. The SMILES string of the molecule is CCN(CC)C(=O)C(C)N1C2CCCC1CC(=O)C2. The first-order valence-corrected chi connectivity index (χ1v) is 7.66. The Bertz CT molecular complexity index is 336. The third-order valence-corrected chi connectivity index (χ3v) is 4.72. The van der Waals surface area contributed by atoms with E-state index < -0.39 is 0 Å². The van der Waals surface area contributed by atoms with E-state index in [-0.39, 0.29) is 11.9 Å². The van der Waals surface area contributed by atoms with Crippen LogP contribution in [0.2, 0.25) is 0 Å². The first-order chi connectivity index (χ1) is 9.08. The Kier molecular flexibility index (Phi) is 4.61. The molecule has 0 aromatic rings. The van der Waals surface area contributed by atoms with Crippen LogP contribution in [0.4, 0.5) is 0 Å². The number of rotatable bonds is 4. The van der Waals surface area contributed by atoms with E-state index in [9.17, 15) is 9.59 Å². The van der Waals surface area contributed by atoms with Crippen LogP contribution in [0.15, 0.2) is 0 Å². The van der Waals surface area contributed by atoms with Crippen molar-refractivity contribution in [3.63, 3.8) is 0 Å². The second-order valence-corrected chi connectivity index (χ2v) is 5.82. The number of ketones is 1. The summed E-state index contributed by atoms with van der Waals surface area (Å²) in [5.74, 6) is 0.602. The van der Waals surface area contributed by atoms with Crippen molar-refractivity contribution in [2.45, 2.75) is 71.0 Å².